The Balaban J connectivity index is 0.00000243. The number of nitrogens with zero attached hydrogens (tertiary/aromatic N) is 3. The van der Waals surface area contributed by atoms with Gasteiger partial charge in [0.2, 0.25) is 0 Å². The molecule has 0 saturated heterocycles. The molecule has 2 aromatic carbocycles. The molecule has 0 bridgehead atoms. The minimum atomic E-state index is -0.372. The second-order valence-electron chi connectivity index (χ2n) is 5.85. The van der Waals surface area contributed by atoms with Gasteiger partial charge in [-0.2, -0.15) is 0 Å². The molecule has 0 unspecified atom stereocenters. The summed E-state index contributed by atoms with van der Waals surface area (Å²) >= 11 is 7.62. The molecule has 0 aliphatic carbocycles. The minimum absolute atomic E-state index is 0. The van der Waals surface area contributed by atoms with Gasteiger partial charge >= 0.3 is 0 Å². The monoisotopic (exact) mass is 413 g/mol. The first-order chi connectivity index (χ1) is 12.0. The van der Waals surface area contributed by atoms with Crippen LogP contribution in [-0.2, 0) is 0 Å². The predicted molar refractivity (Wildman–Crippen MR) is 109 cm³/mol. The van der Waals surface area contributed by atoms with E-state index >= 15 is 0 Å². The molecule has 1 heterocycles. The van der Waals surface area contributed by atoms with Crippen LogP contribution in [0.4, 0.5) is 9.52 Å². The number of carbonyl (C=O) groups excluding carboxylic acids is 1. The van der Waals surface area contributed by atoms with E-state index in [1.807, 2.05) is 31.1 Å². The van der Waals surface area contributed by atoms with Crippen LogP contribution in [0.25, 0.3) is 10.2 Å². The molecular formula is C18H18Cl2FN3OS. The quantitative estimate of drug-likeness (QED) is 0.606. The Morgan fingerprint density at radius 3 is 2.46 bits per heavy atom. The molecule has 0 spiro atoms. The number of amides is 1. The summed E-state index contributed by atoms with van der Waals surface area (Å²) in [5, 5.41) is 1.14. The van der Waals surface area contributed by atoms with E-state index in [1.165, 1.54) is 35.6 Å². The SMILES string of the molecule is CN(C)CCN(C(=O)c1ccc(F)cc1)c1nc2c(Cl)cccc2s1.Cl. The van der Waals surface area contributed by atoms with Crippen LogP contribution < -0.4 is 4.90 Å². The second-order valence-corrected chi connectivity index (χ2v) is 7.27. The van der Waals surface area contributed by atoms with E-state index in [2.05, 4.69) is 4.98 Å². The number of aromatic nitrogens is 1. The number of thiazole rings is 1. The molecule has 0 saturated carbocycles. The van der Waals surface area contributed by atoms with Gasteiger partial charge in [0.05, 0.1) is 9.72 Å². The first-order valence-electron chi connectivity index (χ1n) is 7.73. The van der Waals surface area contributed by atoms with Gasteiger partial charge in [-0.25, -0.2) is 9.37 Å². The number of likely N-dealkylation sites (N-methyl/N-ethyl adjacent to an activating group) is 1. The Bertz CT molecular complexity index is 899. The summed E-state index contributed by atoms with van der Waals surface area (Å²) in [7, 11) is 3.88. The van der Waals surface area contributed by atoms with Crippen LogP contribution in [0, 0.1) is 5.82 Å². The predicted octanol–water partition coefficient (Wildman–Crippen LogP) is 4.72. The second kappa shape index (κ2) is 8.77. The van der Waals surface area contributed by atoms with Crippen LogP contribution in [0.5, 0.6) is 0 Å². The Morgan fingerprint density at radius 2 is 1.85 bits per heavy atom. The molecule has 3 rings (SSSR count). The van der Waals surface area contributed by atoms with E-state index in [1.54, 1.807) is 11.0 Å². The van der Waals surface area contributed by atoms with Crippen LogP contribution in [0.2, 0.25) is 5.02 Å². The van der Waals surface area contributed by atoms with Gasteiger partial charge in [-0.3, -0.25) is 9.69 Å². The lowest BCUT2D eigenvalue weighted by atomic mass is 10.2. The van der Waals surface area contributed by atoms with Gasteiger partial charge in [-0.1, -0.05) is 29.0 Å². The lowest BCUT2D eigenvalue weighted by Crippen LogP contribution is -2.36. The first-order valence-corrected chi connectivity index (χ1v) is 8.92. The highest BCUT2D eigenvalue weighted by Crippen LogP contribution is 2.33. The largest absolute Gasteiger partial charge is 0.308 e. The van der Waals surface area contributed by atoms with E-state index in [4.69, 9.17) is 11.6 Å². The number of hydrogen-bond acceptors (Lipinski definition) is 4. The van der Waals surface area contributed by atoms with Gasteiger partial charge < -0.3 is 4.90 Å². The van der Waals surface area contributed by atoms with Crippen molar-refractivity contribution in [2.24, 2.45) is 0 Å². The summed E-state index contributed by atoms with van der Waals surface area (Å²) in [6, 6.07) is 11.1. The molecule has 138 valence electrons. The molecule has 26 heavy (non-hydrogen) atoms. The number of anilines is 1. The van der Waals surface area contributed by atoms with E-state index in [9.17, 15) is 9.18 Å². The van der Waals surface area contributed by atoms with Crippen molar-refractivity contribution in [3.63, 3.8) is 0 Å². The number of rotatable bonds is 5. The Hall–Kier alpha value is -1.73. The standard InChI is InChI=1S/C18H17ClFN3OS.ClH/c1-22(2)10-11-23(17(24)12-6-8-13(20)9-7-12)18-21-16-14(19)4-3-5-15(16)25-18;/h3-9H,10-11H2,1-2H3;1H. The minimum Gasteiger partial charge on any atom is -0.308 e. The summed E-state index contributed by atoms with van der Waals surface area (Å²) < 4.78 is 14.1. The molecule has 0 fully saturated rings. The fourth-order valence-electron chi connectivity index (χ4n) is 2.35. The van der Waals surface area contributed by atoms with Gasteiger partial charge in [0.1, 0.15) is 11.3 Å². The highest BCUT2D eigenvalue weighted by Gasteiger charge is 2.22. The highest BCUT2D eigenvalue weighted by molar-refractivity contribution is 7.22. The molecule has 8 heteroatoms. The molecular weight excluding hydrogens is 396 g/mol. The summed E-state index contributed by atoms with van der Waals surface area (Å²) in [6.45, 7) is 1.15. The average Bonchev–Trinajstić information content (AvgIpc) is 3.00. The van der Waals surface area contributed by atoms with Crippen molar-refractivity contribution < 1.29 is 9.18 Å². The van der Waals surface area contributed by atoms with Crippen molar-refractivity contribution in [1.29, 1.82) is 0 Å². The Morgan fingerprint density at radius 1 is 1.15 bits per heavy atom. The van der Waals surface area contributed by atoms with Crippen LogP contribution >= 0.6 is 35.3 Å². The maximum Gasteiger partial charge on any atom is 0.260 e. The van der Waals surface area contributed by atoms with Crippen LogP contribution in [0.15, 0.2) is 42.5 Å². The van der Waals surface area contributed by atoms with Crippen LogP contribution in [-0.4, -0.2) is 43.0 Å². The molecule has 0 atom stereocenters. The third-order valence-electron chi connectivity index (χ3n) is 3.70. The van der Waals surface area contributed by atoms with E-state index < -0.39 is 0 Å². The topological polar surface area (TPSA) is 36.4 Å². The molecule has 0 radical (unpaired) electrons. The Kier molecular flexibility index (Phi) is 6.94. The first kappa shape index (κ1) is 20.6. The van der Waals surface area contributed by atoms with E-state index in [-0.39, 0.29) is 24.1 Å². The molecule has 1 amide bonds. The fraction of sp³-hybridized carbons (Fsp3) is 0.222. The lowest BCUT2D eigenvalue weighted by Gasteiger charge is -2.22. The molecule has 0 aliphatic heterocycles. The number of benzene rings is 2. The molecule has 0 aliphatic rings. The van der Waals surface area contributed by atoms with Gasteiger partial charge in [-0.15, -0.1) is 12.4 Å². The van der Waals surface area contributed by atoms with Crippen molar-refractivity contribution in [3.8, 4) is 0 Å². The van der Waals surface area contributed by atoms with E-state index in [0.29, 0.717) is 34.3 Å². The lowest BCUT2D eigenvalue weighted by molar-refractivity contribution is 0.0985. The van der Waals surface area contributed by atoms with E-state index in [0.717, 1.165) is 4.70 Å². The van der Waals surface area contributed by atoms with Crippen molar-refractivity contribution in [2.45, 2.75) is 0 Å². The molecule has 4 nitrogen and oxygen atoms in total. The summed E-state index contributed by atoms with van der Waals surface area (Å²) in [6.07, 6.45) is 0. The number of carbonyl (C=O) groups is 1. The summed E-state index contributed by atoms with van der Waals surface area (Å²) in [5.74, 6) is -0.583. The van der Waals surface area contributed by atoms with Gasteiger partial charge in [-0.05, 0) is 50.5 Å². The van der Waals surface area contributed by atoms with Crippen molar-refractivity contribution >= 4 is 56.6 Å². The zero-order valence-corrected chi connectivity index (χ0v) is 16.7. The maximum atomic E-state index is 13.2. The average molecular weight is 414 g/mol. The zero-order chi connectivity index (χ0) is 18.0. The van der Waals surface area contributed by atoms with Gasteiger partial charge in [0.25, 0.3) is 5.91 Å². The summed E-state index contributed by atoms with van der Waals surface area (Å²) in [5.41, 5.74) is 1.11. The smallest absolute Gasteiger partial charge is 0.260 e. The molecule has 0 N–H and O–H groups in total. The zero-order valence-electron chi connectivity index (χ0n) is 14.3. The van der Waals surface area contributed by atoms with Gasteiger partial charge in [0, 0.05) is 18.7 Å². The number of para-hydroxylation sites is 1. The maximum absolute atomic E-state index is 13.2. The summed E-state index contributed by atoms with van der Waals surface area (Å²) in [4.78, 5) is 21.1. The number of fused-ring (bicyclic) bond motifs is 1. The highest BCUT2D eigenvalue weighted by atomic mass is 35.5. The van der Waals surface area contributed by atoms with Crippen molar-refractivity contribution in [2.75, 3.05) is 32.1 Å². The Labute approximate surface area is 166 Å². The third-order valence-corrected chi connectivity index (χ3v) is 5.05. The normalized spacial score (nSPS) is 10.8. The van der Waals surface area contributed by atoms with Crippen LogP contribution in [0.1, 0.15) is 10.4 Å². The number of hydrogen-bond donors (Lipinski definition) is 0. The third kappa shape index (κ3) is 4.51. The van der Waals surface area contributed by atoms with Crippen molar-refractivity contribution in [1.82, 2.24) is 9.88 Å². The molecule has 1 aromatic heterocycles. The number of halogens is 3. The van der Waals surface area contributed by atoms with Gasteiger partial charge in [0.15, 0.2) is 5.13 Å². The fourth-order valence-corrected chi connectivity index (χ4v) is 3.64. The molecule has 3 aromatic rings. The van der Waals surface area contributed by atoms with Crippen LogP contribution in [0.3, 0.4) is 0 Å². The van der Waals surface area contributed by atoms with Crippen molar-refractivity contribution in [3.05, 3.63) is 58.9 Å².